The average Bonchev–Trinajstić information content (AvgIpc) is 3.94. The van der Waals surface area contributed by atoms with Gasteiger partial charge in [0.2, 0.25) is 0 Å². The molecule has 0 saturated heterocycles. The van der Waals surface area contributed by atoms with Crippen LogP contribution in [0.5, 0.6) is 0 Å². The minimum Gasteiger partial charge on any atom is -0.455 e. The van der Waals surface area contributed by atoms with E-state index in [1.54, 1.807) is 0 Å². The van der Waals surface area contributed by atoms with Gasteiger partial charge in [-0.15, -0.1) is 11.3 Å². The van der Waals surface area contributed by atoms with E-state index in [1.807, 2.05) is 11.3 Å². The molecule has 2 heterocycles. The molecule has 2 aromatic heterocycles. The third-order valence-corrected chi connectivity index (χ3v) is 14.1. The molecular formula is C60H37NOS. The largest absolute Gasteiger partial charge is 0.455 e. The van der Waals surface area contributed by atoms with Gasteiger partial charge in [-0.1, -0.05) is 176 Å². The molecule has 0 saturated carbocycles. The molecule has 294 valence electrons. The van der Waals surface area contributed by atoms with Gasteiger partial charge in [0.15, 0.2) is 0 Å². The molecule has 0 N–H and O–H groups in total. The number of fused-ring (bicyclic) bond motifs is 10. The van der Waals surface area contributed by atoms with Crippen molar-refractivity contribution >= 4 is 103 Å². The highest BCUT2D eigenvalue weighted by Gasteiger charge is 2.24. The highest BCUT2D eigenvalue weighted by atomic mass is 32.1. The van der Waals surface area contributed by atoms with E-state index in [0.29, 0.717) is 0 Å². The first-order chi connectivity index (χ1) is 31.2. The van der Waals surface area contributed by atoms with E-state index in [9.17, 15) is 0 Å². The zero-order chi connectivity index (χ0) is 41.4. The Morgan fingerprint density at radius 3 is 1.81 bits per heavy atom. The Morgan fingerprint density at radius 2 is 0.952 bits per heavy atom. The quantitative estimate of drug-likeness (QED) is 0.155. The van der Waals surface area contributed by atoms with Crippen LogP contribution >= 0.6 is 11.3 Å². The molecule has 0 fully saturated rings. The molecule has 11 aromatic carbocycles. The molecule has 0 amide bonds. The summed E-state index contributed by atoms with van der Waals surface area (Å²) in [6, 6.07) is 81.6. The average molecular weight is 820 g/mol. The number of thiophene rings is 1. The van der Waals surface area contributed by atoms with Gasteiger partial charge in [-0.05, 0) is 109 Å². The molecule has 0 aliphatic rings. The highest BCUT2D eigenvalue weighted by molar-refractivity contribution is 7.26. The van der Waals surface area contributed by atoms with Crippen LogP contribution in [0.1, 0.15) is 0 Å². The lowest BCUT2D eigenvalue weighted by Crippen LogP contribution is -2.10. The van der Waals surface area contributed by atoms with E-state index in [4.69, 9.17) is 4.42 Å². The van der Waals surface area contributed by atoms with Crippen LogP contribution in [0.25, 0.3) is 108 Å². The van der Waals surface area contributed by atoms with Crippen LogP contribution in [-0.4, -0.2) is 0 Å². The van der Waals surface area contributed by atoms with Gasteiger partial charge in [-0.2, -0.15) is 0 Å². The number of rotatable bonds is 6. The second-order valence-electron chi connectivity index (χ2n) is 16.4. The second-order valence-corrected chi connectivity index (χ2v) is 17.4. The summed E-state index contributed by atoms with van der Waals surface area (Å²) in [7, 11) is 0. The smallest absolute Gasteiger partial charge is 0.145 e. The van der Waals surface area contributed by atoms with Crippen molar-refractivity contribution in [3.8, 4) is 33.4 Å². The maximum Gasteiger partial charge on any atom is 0.145 e. The summed E-state index contributed by atoms with van der Waals surface area (Å²) in [6.07, 6.45) is 0. The van der Waals surface area contributed by atoms with E-state index in [2.05, 4.69) is 229 Å². The number of furan rings is 1. The molecule has 3 heteroatoms. The van der Waals surface area contributed by atoms with E-state index in [1.165, 1.54) is 74.7 Å². The predicted octanol–water partition coefficient (Wildman–Crippen LogP) is 17.9. The minimum absolute atomic E-state index is 0.868. The summed E-state index contributed by atoms with van der Waals surface area (Å²) in [5, 5.41) is 12.1. The van der Waals surface area contributed by atoms with Crippen LogP contribution in [0.4, 0.5) is 17.1 Å². The van der Waals surface area contributed by atoms with Crippen molar-refractivity contribution in [3.05, 3.63) is 224 Å². The molecule has 0 radical (unpaired) electrons. The topological polar surface area (TPSA) is 16.4 Å². The molecule has 0 unspecified atom stereocenters. The number of nitrogens with zero attached hydrogens (tertiary/aromatic N) is 1. The first kappa shape index (κ1) is 35.7. The maximum atomic E-state index is 6.93. The van der Waals surface area contributed by atoms with Crippen LogP contribution in [0.2, 0.25) is 0 Å². The molecular weight excluding hydrogens is 783 g/mol. The lowest BCUT2D eigenvalue weighted by molar-refractivity contribution is 0.670. The molecule has 13 rings (SSSR count). The van der Waals surface area contributed by atoms with Crippen molar-refractivity contribution in [2.24, 2.45) is 0 Å². The minimum atomic E-state index is 0.868. The summed E-state index contributed by atoms with van der Waals surface area (Å²) in [5.74, 6) is 0. The molecule has 0 aliphatic carbocycles. The fraction of sp³-hybridized carbons (Fsp3) is 0. The molecule has 0 bridgehead atoms. The van der Waals surface area contributed by atoms with Crippen molar-refractivity contribution < 1.29 is 4.42 Å². The summed E-state index contributed by atoms with van der Waals surface area (Å²) in [5.41, 5.74) is 12.1. The van der Waals surface area contributed by atoms with Crippen molar-refractivity contribution in [1.29, 1.82) is 0 Å². The van der Waals surface area contributed by atoms with Crippen molar-refractivity contribution in [2.45, 2.75) is 0 Å². The van der Waals surface area contributed by atoms with Crippen molar-refractivity contribution in [1.82, 2.24) is 0 Å². The van der Waals surface area contributed by atoms with Gasteiger partial charge in [0, 0.05) is 42.5 Å². The Kier molecular flexibility index (Phi) is 8.12. The molecule has 0 spiro atoms. The number of hydrogen-bond donors (Lipinski definition) is 0. The number of benzene rings is 11. The Labute approximate surface area is 368 Å². The van der Waals surface area contributed by atoms with Crippen molar-refractivity contribution in [3.63, 3.8) is 0 Å². The number of anilines is 3. The van der Waals surface area contributed by atoms with Gasteiger partial charge in [0.1, 0.15) is 11.2 Å². The zero-order valence-corrected chi connectivity index (χ0v) is 34.9. The van der Waals surface area contributed by atoms with Crippen molar-refractivity contribution in [2.75, 3.05) is 4.90 Å². The van der Waals surface area contributed by atoms with Gasteiger partial charge in [-0.3, -0.25) is 0 Å². The van der Waals surface area contributed by atoms with Crippen LogP contribution < -0.4 is 4.90 Å². The lowest BCUT2D eigenvalue weighted by Gasteiger charge is -2.27. The van der Waals surface area contributed by atoms with E-state index in [0.717, 1.165) is 50.1 Å². The van der Waals surface area contributed by atoms with Crippen LogP contribution in [0, 0.1) is 0 Å². The zero-order valence-electron chi connectivity index (χ0n) is 34.1. The van der Waals surface area contributed by atoms with Crippen LogP contribution in [-0.2, 0) is 0 Å². The normalized spacial score (nSPS) is 11.8. The second kappa shape index (κ2) is 14.3. The molecule has 63 heavy (non-hydrogen) atoms. The summed E-state index contributed by atoms with van der Waals surface area (Å²) < 4.78 is 9.55. The monoisotopic (exact) mass is 819 g/mol. The standard InChI is InChI=1S/C60H37NOS/c1-2-13-39(14-3-1)48-22-11-24-52-57-47(21-12-26-56(57)63-60(48)52)41-29-32-43(33-30-41)61(44-34-31-42-28-27-40-16-5-7-19-46(40)53(42)37-44)54-36-35-50(49-23-10-17-38-15-4-6-18-45(38)49)59-58(54)51-20-8-9-25-55(51)62-59/h1-37H. The molecule has 0 aliphatic heterocycles. The molecule has 13 aromatic rings. The van der Waals surface area contributed by atoms with Gasteiger partial charge in [-0.25, -0.2) is 0 Å². The van der Waals surface area contributed by atoms with Gasteiger partial charge in [0.05, 0.1) is 11.1 Å². The van der Waals surface area contributed by atoms with Crippen LogP contribution in [0.3, 0.4) is 0 Å². The molecule has 0 atom stereocenters. The van der Waals surface area contributed by atoms with Crippen LogP contribution in [0.15, 0.2) is 229 Å². The fourth-order valence-corrected chi connectivity index (χ4v) is 11.2. The fourth-order valence-electron chi connectivity index (χ4n) is 9.95. The SMILES string of the molecule is c1ccc(-c2cccc3c2sc2cccc(-c4ccc(N(c5ccc6ccc7ccccc7c6c5)c5ccc(-c6cccc7ccccc67)c6oc7ccccc7c56)cc4)c23)cc1. The van der Waals surface area contributed by atoms with Gasteiger partial charge in [0.25, 0.3) is 0 Å². The first-order valence-corrected chi connectivity index (χ1v) is 22.3. The Hall–Kier alpha value is -7.98. The number of hydrogen-bond acceptors (Lipinski definition) is 3. The Bertz CT molecular complexity index is 3910. The summed E-state index contributed by atoms with van der Waals surface area (Å²) in [4.78, 5) is 2.43. The van der Waals surface area contributed by atoms with E-state index < -0.39 is 0 Å². The van der Waals surface area contributed by atoms with Gasteiger partial charge < -0.3 is 9.32 Å². The third-order valence-electron chi connectivity index (χ3n) is 12.9. The predicted molar refractivity (Wildman–Crippen MR) is 270 cm³/mol. The third kappa shape index (κ3) is 5.71. The first-order valence-electron chi connectivity index (χ1n) is 21.5. The number of para-hydroxylation sites is 1. The summed E-state index contributed by atoms with van der Waals surface area (Å²) >= 11 is 1.88. The van der Waals surface area contributed by atoms with Gasteiger partial charge >= 0.3 is 0 Å². The Morgan fingerprint density at radius 1 is 0.349 bits per heavy atom. The maximum absolute atomic E-state index is 6.93. The Balaban J connectivity index is 1.03. The van der Waals surface area contributed by atoms with E-state index in [-0.39, 0.29) is 0 Å². The van der Waals surface area contributed by atoms with E-state index >= 15 is 0 Å². The lowest BCUT2D eigenvalue weighted by atomic mass is 9.95. The molecule has 2 nitrogen and oxygen atoms in total. The highest BCUT2D eigenvalue weighted by Crippen LogP contribution is 2.49. The summed E-state index contributed by atoms with van der Waals surface area (Å²) in [6.45, 7) is 0.